The lowest BCUT2D eigenvalue weighted by Gasteiger charge is -2.35. The van der Waals surface area contributed by atoms with Crippen LogP contribution >= 0.6 is 0 Å². The minimum atomic E-state index is -5.02. The summed E-state index contributed by atoms with van der Waals surface area (Å²) in [4.78, 5) is 28.8. The van der Waals surface area contributed by atoms with Crippen LogP contribution in [0.1, 0.15) is 47.2 Å². The number of amides is 2. The quantitative estimate of drug-likeness (QED) is 0.593. The SMILES string of the molecule is COC1CCN(CC(=O)N2CCC(CNC(=O)c3cc(C(F)(F)F)cc(C(F)(F)F)c3)CC2)CC1. The van der Waals surface area contributed by atoms with Crippen molar-refractivity contribution in [1.82, 2.24) is 15.1 Å². The molecule has 2 amide bonds. The van der Waals surface area contributed by atoms with E-state index < -0.39 is 35.0 Å². The lowest BCUT2D eigenvalue weighted by atomic mass is 9.96. The van der Waals surface area contributed by atoms with Crippen LogP contribution in [0, 0.1) is 5.92 Å². The Kier molecular flexibility index (Phi) is 8.68. The van der Waals surface area contributed by atoms with Gasteiger partial charge in [0.25, 0.3) is 5.91 Å². The summed E-state index contributed by atoms with van der Waals surface area (Å²) < 4.78 is 83.4. The third kappa shape index (κ3) is 7.57. The maximum atomic E-state index is 13.0. The van der Waals surface area contributed by atoms with Crippen LogP contribution in [-0.2, 0) is 21.9 Å². The Morgan fingerprint density at radius 1 is 0.914 bits per heavy atom. The van der Waals surface area contributed by atoms with Crippen LogP contribution in [0.3, 0.4) is 0 Å². The van der Waals surface area contributed by atoms with Gasteiger partial charge < -0.3 is 15.0 Å². The molecule has 1 aromatic rings. The van der Waals surface area contributed by atoms with E-state index >= 15 is 0 Å². The van der Waals surface area contributed by atoms with Crippen molar-refractivity contribution in [2.24, 2.45) is 5.92 Å². The lowest BCUT2D eigenvalue weighted by molar-refractivity contribution is -0.143. The molecule has 0 atom stereocenters. The molecule has 1 N–H and O–H groups in total. The summed E-state index contributed by atoms with van der Waals surface area (Å²) in [6.45, 7) is 2.97. The number of hydrogen-bond acceptors (Lipinski definition) is 4. The van der Waals surface area contributed by atoms with E-state index in [9.17, 15) is 35.9 Å². The van der Waals surface area contributed by atoms with Crippen LogP contribution in [0.25, 0.3) is 0 Å². The first-order valence-corrected chi connectivity index (χ1v) is 11.5. The summed E-state index contributed by atoms with van der Waals surface area (Å²) in [7, 11) is 1.68. The van der Waals surface area contributed by atoms with E-state index in [0.29, 0.717) is 44.6 Å². The van der Waals surface area contributed by atoms with E-state index in [-0.39, 0.29) is 30.5 Å². The molecule has 0 aromatic heterocycles. The molecule has 2 heterocycles. The van der Waals surface area contributed by atoms with Crippen molar-refractivity contribution in [3.05, 3.63) is 34.9 Å². The van der Waals surface area contributed by atoms with Crippen molar-refractivity contribution in [1.29, 1.82) is 0 Å². The smallest absolute Gasteiger partial charge is 0.381 e. The fraction of sp³-hybridized carbons (Fsp3) is 0.652. The van der Waals surface area contributed by atoms with Crippen molar-refractivity contribution in [3.63, 3.8) is 0 Å². The molecule has 2 fully saturated rings. The van der Waals surface area contributed by atoms with Gasteiger partial charge in [-0.05, 0) is 49.8 Å². The number of carbonyl (C=O) groups excluding carboxylic acids is 2. The standard InChI is InChI=1S/C23H29F6N3O3/c1-35-19-4-6-31(7-5-19)14-20(33)32-8-2-15(3-9-32)13-30-21(34)16-10-17(22(24,25)26)12-18(11-16)23(27,28)29/h10-12,15,19H,2-9,13-14H2,1H3,(H,30,34). The van der Waals surface area contributed by atoms with E-state index in [0.717, 1.165) is 25.9 Å². The second-order valence-corrected chi connectivity index (χ2v) is 9.04. The van der Waals surface area contributed by atoms with Gasteiger partial charge >= 0.3 is 12.4 Å². The summed E-state index contributed by atoms with van der Waals surface area (Å²) in [6, 6.07) is 0.825. The fourth-order valence-corrected chi connectivity index (χ4v) is 4.41. The minimum absolute atomic E-state index is 0.0106. The van der Waals surface area contributed by atoms with Crippen molar-refractivity contribution in [2.45, 2.75) is 44.1 Å². The van der Waals surface area contributed by atoms with Crippen molar-refractivity contribution in [2.75, 3.05) is 46.4 Å². The second-order valence-electron chi connectivity index (χ2n) is 9.04. The third-order valence-corrected chi connectivity index (χ3v) is 6.60. The number of rotatable bonds is 6. The van der Waals surface area contributed by atoms with Gasteiger partial charge in [-0.15, -0.1) is 0 Å². The zero-order valence-electron chi connectivity index (χ0n) is 19.3. The molecule has 1 aromatic carbocycles. The topological polar surface area (TPSA) is 61.9 Å². The Labute approximate surface area is 199 Å². The first-order chi connectivity index (χ1) is 16.4. The molecule has 196 valence electrons. The van der Waals surface area contributed by atoms with Crippen molar-refractivity contribution in [3.8, 4) is 0 Å². The van der Waals surface area contributed by atoms with Crippen LogP contribution in [-0.4, -0.2) is 74.1 Å². The molecular weight excluding hydrogens is 480 g/mol. The van der Waals surface area contributed by atoms with Gasteiger partial charge in [0.1, 0.15) is 0 Å². The highest BCUT2D eigenvalue weighted by molar-refractivity contribution is 5.94. The van der Waals surface area contributed by atoms with Crippen LogP contribution in [0.15, 0.2) is 18.2 Å². The van der Waals surface area contributed by atoms with E-state index in [1.807, 2.05) is 0 Å². The highest BCUT2D eigenvalue weighted by Crippen LogP contribution is 2.36. The molecule has 0 aliphatic carbocycles. The Morgan fingerprint density at radius 3 is 1.94 bits per heavy atom. The Bertz CT molecular complexity index is 857. The average molecular weight is 509 g/mol. The third-order valence-electron chi connectivity index (χ3n) is 6.60. The maximum Gasteiger partial charge on any atom is 0.416 e. The number of carbonyl (C=O) groups is 2. The molecule has 2 aliphatic rings. The normalized spacial score (nSPS) is 19.1. The number of benzene rings is 1. The van der Waals surface area contributed by atoms with Gasteiger partial charge in [-0.2, -0.15) is 26.3 Å². The summed E-state index contributed by atoms with van der Waals surface area (Å²) >= 11 is 0. The molecular formula is C23H29F6N3O3. The van der Waals surface area contributed by atoms with Gasteiger partial charge in [0.2, 0.25) is 5.91 Å². The number of nitrogens with zero attached hydrogens (tertiary/aromatic N) is 2. The highest BCUT2D eigenvalue weighted by Gasteiger charge is 2.37. The molecule has 2 saturated heterocycles. The number of ether oxygens (including phenoxy) is 1. The predicted octanol–water partition coefficient (Wildman–Crippen LogP) is 3.80. The Morgan fingerprint density at radius 2 is 1.46 bits per heavy atom. The molecule has 0 unspecified atom stereocenters. The van der Waals surface area contributed by atoms with Gasteiger partial charge in [-0.25, -0.2) is 0 Å². The van der Waals surface area contributed by atoms with E-state index in [4.69, 9.17) is 4.74 Å². The molecule has 12 heteroatoms. The first kappa shape index (κ1) is 27.3. The molecule has 2 aliphatic heterocycles. The van der Waals surface area contributed by atoms with Crippen molar-refractivity contribution < 1.29 is 40.7 Å². The predicted molar refractivity (Wildman–Crippen MR) is 115 cm³/mol. The molecule has 35 heavy (non-hydrogen) atoms. The zero-order valence-corrected chi connectivity index (χ0v) is 19.3. The highest BCUT2D eigenvalue weighted by atomic mass is 19.4. The lowest BCUT2D eigenvalue weighted by Crippen LogP contribution is -2.47. The number of methoxy groups -OCH3 is 1. The van der Waals surface area contributed by atoms with Crippen molar-refractivity contribution >= 4 is 11.8 Å². The number of alkyl halides is 6. The monoisotopic (exact) mass is 509 g/mol. The maximum absolute atomic E-state index is 13.0. The molecule has 0 spiro atoms. The number of nitrogens with one attached hydrogen (secondary N) is 1. The van der Waals surface area contributed by atoms with E-state index in [1.165, 1.54) is 0 Å². The van der Waals surface area contributed by atoms with Gasteiger partial charge in [-0.1, -0.05) is 0 Å². The molecule has 6 nitrogen and oxygen atoms in total. The summed E-state index contributed by atoms with van der Waals surface area (Å²) in [6.07, 6.45) is -6.90. The van der Waals surface area contributed by atoms with E-state index in [1.54, 1.807) is 12.0 Å². The van der Waals surface area contributed by atoms with Gasteiger partial charge in [0.05, 0.1) is 23.8 Å². The zero-order chi connectivity index (χ0) is 25.8. The first-order valence-electron chi connectivity index (χ1n) is 11.5. The van der Waals surface area contributed by atoms with Crippen LogP contribution in [0.5, 0.6) is 0 Å². The number of hydrogen-bond donors (Lipinski definition) is 1. The molecule has 0 bridgehead atoms. The van der Waals surface area contributed by atoms with Gasteiger partial charge in [-0.3, -0.25) is 14.5 Å². The molecule has 0 saturated carbocycles. The Hall–Kier alpha value is -2.34. The van der Waals surface area contributed by atoms with Gasteiger partial charge in [0.15, 0.2) is 0 Å². The van der Waals surface area contributed by atoms with Crippen LogP contribution in [0.4, 0.5) is 26.3 Å². The largest absolute Gasteiger partial charge is 0.416 e. The summed E-state index contributed by atoms with van der Waals surface area (Å²) in [5.74, 6) is -1.01. The molecule has 0 radical (unpaired) electrons. The van der Waals surface area contributed by atoms with Gasteiger partial charge in [0, 0.05) is 45.4 Å². The summed E-state index contributed by atoms with van der Waals surface area (Å²) in [5.41, 5.74) is -3.76. The van der Waals surface area contributed by atoms with Crippen LogP contribution in [0.2, 0.25) is 0 Å². The van der Waals surface area contributed by atoms with Crippen LogP contribution < -0.4 is 5.32 Å². The number of halogens is 6. The average Bonchev–Trinajstić information content (AvgIpc) is 2.82. The van der Waals surface area contributed by atoms with E-state index in [2.05, 4.69) is 10.2 Å². The fourth-order valence-electron chi connectivity index (χ4n) is 4.41. The molecule has 3 rings (SSSR count). The number of piperidine rings is 2. The second kappa shape index (κ2) is 11.2. The number of likely N-dealkylation sites (tertiary alicyclic amines) is 2. The summed E-state index contributed by atoms with van der Waals surface area (Å²) in [5, 5.41) is 2.45. The Balaban J connectivity index is 1.49. The minimum Gasteiger partial charge on any atom is -0.381 e.